The van der Waals surface area contributed by atoms with E-state index in [-0.39, 0.29) is 5.78 Å². The Morgan fingerprint density at radius 3 is 2.10 bits per heavy atom. The zero-order valence-corrected chi connectivity index (χ0v) is 12.9. The lowest BCUT2D eigenvalue weighted by molar-refractivity contribution is 0.101. The van der Waals surface area contributed by atoms with Crippen LogP contribution < -0.4 is 4.74 Å². The van der Waals surface area contributed by atoms with Gasteiger partial charge in [-0.3, -0.25) is 4.79 Å². The highest BCUT2D eigenvalue weighted by molar-refractivity contribution is 5.93. The molecule has 0 unspecified atom stereocenters. The van der Waals surface area contributed by atoms with Gasteiger partial charge in [0.25, 0.3) is 0 Å². The highest BCUT2D eigenvalue weighted by Gasteiger charge is 1.95. The van der Waals surface area contributed by atoms with Crippen molar-refractivity contribution in [3.63, 3.8) is 0 Å². The van der Waals surface area contributed by atoms with E-state index < -0.39 is 0 Å². The fourth-order valence-electron chi connectivity index (χ4n) is 1.66. The minimum absolute atomic E-state index is 0.125. The smallest absolute Gasteiger partial charge is 0.159 e. The van der Waals surface area contributed by atoms with Crippen molar-refractivity contribution in [1.82, 2.24) is 0 Å². The van der Waals surface area contributed by atoms with Gasteiger partial charge in [-0.2, -0.15) is 0 Å². The van der Waals surface area contributed by atoms with Crippen LogP contribution in [0, 0.1) is 6.92 Å². The van der Waals surface area contributed by atoms with Crippen LogP contribution in [0.3, 0.4) is 0 Å². The lowest BCUT2D eigenvalue weighted by Gasteiger charge is -2.01. The van der Waals surface area contributed by atoms with Crippen molar-refractivity contribution in [3.8, 4) is 5.75 Å². The summed E-state index contributed by atoms with van der Waals surface area (Å²) < 4.78 is 5.27. The lowest BCUT2D eigenvalue weighted by Crippen LogP contribution is -1.90. The maximum Gasteiger partial charge on any atom is 0.159 e. The lowest BCUT2D eigenvalue weighted by atomic mass is 10.1. The average molecular weight is 282 g/mol. The number of Topliss-reactive ketones (excluding diaryl/α,β-unsaturated/α-hetero) is 1. The summed E-state index contributed by atoms with van der Waals surface area (Å²) in [7, 11) is 0. The molecule has 0 fully saturated rings. The highest BCUT2D eigenvalue weighted by Crippen LogP contribution is 2.12. The molecular formula is C19H22O2. The number of ether oxygens (including phenoxy) is 1. The van der Waals surface area contributed by atoms with Crippen LogP contribution in [0.1, 0.15) is 35.3 Å². The summed E-state index contributed by atoms with van der Waals surface area (Å²) in [5.74, 6) is 1.04. The Hall–Kier alpha value is -2.35. The first-order chi connectivity index (χ1) is 10.1. The molecule has 0 heterocycles. The second-order valence-corrected chi connectivity index (χ2v) is 4.63. The van der Waals surface area contributed by atoms with Crippen molar-refractivity contribution >= 4 is 11.9 Å². The minimum atomic E-state index is 0.125. The van der Waals surface area contributed by atoms with Crippen LogP contribution in [0.25, 0.3) is 6.08 Å². The van der Waals surface area contributed by atoms with Gasteiger partial charge in [0, 0.05) is 5.56 Å². The summed E-state index contributed by atoms with van der Waals surface area (Å²) in [6.07, 6.45) is 1.82. The van der Waals surface area contributed by atoms with Crippen molar-refractivity contribution in [1.29, 1.82) is 0 Å². The van der Waals surface area contributed by atoms with Crippen LogP contribution in [0.15, 0.2) is 55.1 Å². The van der Waals surface area contributed by atoms with E-state index in [2.05, 4.69) is 6.58 Å². The van der Waals surface area contributed by atoms with Crippen LogP contribution in [-0.2, 0) is 0 Å². The van der Waals surface area contributed by atoms with Gasteiger partial charge in [-0.15, -0.1) is 0 Å². The molecule has 0 radical (unpaired) electrons. The molecule has 0 saturated carbocycles. The van der Waals surface area contributed by atoms with Crippen molar-refractivity contribution in [2.75, 3.05) is 6.61 Å². The van der Waals surface area contributed by atoms with E-state index in [4.69, 9.17) is 4.74 Å². The molecule has 0 aliphatic carbocycles. The summed E-state index contributed by atoms with van der Waals surface area (Å²) in [5, 5.41) is 0. The van der Waals surface area contributed by atoms with Gasteiger partial charge in [0.2, 0.25) is 0 Å². The Balaban J connectivity index is 0.000000211. The number of hydrogen-bond donors (Lipinski definition) is 0. The van der Waals surface area contributed by atoms with Crippen molar-refractivity contribution in [3.05, 3.63) is 71.8 Å². The highest BCUT2D eigenvalue weighted by atomic mass is 16.5. The third kappa shape index (κ3) is 6.09. The number of ketones is 1. The van der Waals surface area contributed by atoms with E-state index >= 15 is 0 Å². The molecule has 0 saturated heterocycles. The van der Waals surface area contributed by atoms with Gasteiger partial charge in [-0.25, -0.2) is 0 Å². The van der Waals surface area contributed by atoms with Gasteiger partial charge in [0.1, 0.15) is 5.75 Å². The van der Waals surface area contributed by atoms with Crippen LogP contribution >= 0.6 is 0 Å². The predicted octanol–water partition coefficient (Wildman–Crippen LogP) is 4.93. The standard InChI is InChI=1S/C10H12O.C9H10O/c1-3-9-5-7-10(8-6-9)11-4-2;1-7-3-5-9(6-4-7)8(2)10/h3,5-8H,1,4H2,2H3;3-6H,1-2H3. The summed E-state index contributed by atoms with van der Waals surface area (Å²) in [4.78, 5) is 10.8. The zero-order chi connectivity index (χ0) is 15.7. The van der Waals surface area contributed by atoms with Crippen LogP contribution in [-0.4, -0.2) is 12.4 Å². The minimum Gasteiger partial charge on any atom is -0.494 e. The number of hydrogen-bond acceptors (Lipinski definition) is 2. The third-order valence-electron chi connectivity index (χ3n) is 2.88. The Bertz CT molecular complexity index is 566. The molecule has 0 aromatic heterocycles. The molecule has 0 aliphatic heterocycles. The van der Waals surface area contributed by atoms with Crippen LogP contribution in [0.5, 0.6) is 5.75 Å². The molecule has 0 N–H and O–H groups in total. The van der Waals surface area contributed by atoms with E-state index in [0.29, 0.717) is 6.61 Å². The topological polar surface area (TPSA) is 26.3 Å². The maximum absolute atomic E-state index is 10.8. The molecule has 2 aromatic rings. The number of rotatable bonds is 4. The molecule has 0 spiro atoms. The fraction of sp³-hybridized carbons (Fsp3) is 0.211. The Labute approximate surface area is 127 Å². The molecule has 2 rings (SSSR count). The van der Waals surface area contributed by atoms with Crippen molar-refractivity contribution < 1.29 is 9.53 Å². The first kappa shape index (κ1) is 16.7. The molecule has 0 aliphatic rings. The normalized spacial score (nSPS) is 9.29. The summed E-state index contributed by atoms with van der Waals surface area (Å²) >= 11 is 0. The fourth-order valence-corrected chi connectivity index (χ4v) is 1.66. The molecule has 2 heteroatoms. The molecule has 21 heavy (non-hydrogen) atoms. The first-order valence-corrected chi connectivity index (χ1v) is 6.99. The Morgan fingerprint density at radius 1 is 1.10 bits per heavy atom. The predicted molar refractivity (Wildman–Crippen MR) is 88.9 cm³/mol. The van der Waals surface area contributed by atoms with Gasteiger partial charge >= 0.3 is 0 Å². The van der Waals surface area contributed by atoms with E-state index in [1.54, 1.807) is 6.92 Å². The number of benzene rings is 2. The van der Waals surface area contributed by atoms with E-state index in [1.807, 2.05) is 68.5 Å². The SMILES string of the molecule is C=Cc1ccc(OCC)cc1.CC(=O)c1ccc(C)cc1. The van der Waals surface area contributed by atoms with Gasteiger partial charge in [0.15, 0.2) is 5.78 Å². The average Bonchev–Trinajstić information content (AvgIpc) is 2.49. The van der Waals surface area contributed by atoms with Gasteiger partial charge in [-0.05, 0) is 38.5 Å². The summed E-state index contributed by atoms with van der Waals surface area (Å²) in [6.45, 7) is 9.93. The second kappa shape index (κ2) is 8.75. The van der Waals surface area contributed by atoms with Crippen LogP contribution in [0.2, 0.25) is 0 Å². The molecule has 110 valence electrons. The number of aryl methyl sites for hydroxylation is 1. The van der Waals surface area contributed by atoms with E-state index in [9.17, 15) is 4.79 Å². The summed E-state index contributed by atoms with van der Waals surface area (Å²) in [5.41, 5.74) is 3.09. The summed E-state index contributed by atoms with van der Waals surface area (Å²) in [6, 6.07) is 15.4. The Morgan fingerprint density at radius 2 is 1.67 bits per heavy atom. The largest absolute Gasteiger partial charge is 0.494 e. The van der Waals surface area contributed by atoms with Crippen LogP contribution in [0.4, 0.5) is 0 Å². The quantitative estimate of drug-likeness (QED) is 0.743. The number of carbonyl (C=O) groups is 1. The zero-order valence-electron chi connectivity index (χ0n) is 12.9. The van der Waals surface area contributed by atoms with Gasteiger partial charge in [0.05, 0.1) is 6.61 Å². The van der Waals surface area contributed by atoms with Gasteiger partial charge < -0.3 is 4.74 Å². The first-order valence-electron chi connectivity index (χ1n) is 6.99. The molecule has 0 bridgehead atoms. The van der Waals surface area contributed by atoms with Crippen molar-refractivity contribution in [2.24, 2.45) is 0 Å². The Kier molecular flexibility index (Phi) is 6.96. The number of carbonyl (C=O) groups excluding carboxylic acids is 1. The molecule has 2 aromatic carbocycles. The monoisotopic (exact) mass is 282 g/mol. The molecular weight excluding hydrogens is 260 g/mol. The van der Waals surface area contributed by atoms with Gasteiger partial charge in [-0.1, -0.05) is 54.6 Å². The third-order valence-corrected chi connectivity index (χ3v) is 2.88. The maximum atomic E-state index is 10.8. The van der Waals surface area contributed by atoms with E-state index in [1.165, 1.54) is 5.56 Å². The molecule has 0 atom stereocenters. The van der Waals surface area contributed by atoms with Crippen molar-refractivity contribution in [2.45, 2.75) is 20.8 Å². The van der Waals surface area contributed by atoms with E-state index in [0.717, 1.165) is 16.9 Å². The molecule has 2 nitrogen and oxygen atoms in total. The molecule has 0 amide bonds. The second-order valence-electron chi connectivity index (χ2n) is 4.63.